The number of benzene rings is 1. The van der Waals surface area contributed by atoms with Crippen LogP contribution in [0.1, 0.15) is 27.2 Å². The summed E-state index contributed by atoms with van der Waals surface area (Å²) in [6.07, 6.45) is 0.672. The second kappa shape index (κ2) is 6.57. The third-order valence-corrected chi connectivity index (χ3v) is 3.08. The lowest BCUT2D eigenvalue weighted by molar-refractivity contribution is -0.137. The van der Waals surface area contributed by atoms with Crippen molar-refractivity contribution in [1.29, 1.82) is 0 Å². The molecule has 4 heteroatoms. The highest BCUT2D eigenvalue weighted by Gasteiger charge is 2.33. The molecule has 0 aliphatic carbocycles. The van der Waals surface area contributed by atoms with Gasteiger partial charge in [-0.15, -0.1) is 0 Å². The van der Waals surface area contributed by atoms with Crippen molar-refractivity contribution in [3.63, 3.8) is 0 Å². The summed E-state index contributed by atoms with van der Waals surface area (Å²) in [5.41, 5.74) is -0.0773. The number of carbonyl (C=O) groups is 1. The number of methoxy groups -OCH3 is 2. The maximum Gasteiger partial charge on any atom is 0.256 e. The van der Waals surface area contributed by atoms with Gasteiger partial charge in [-0.25, -0.2) is 0 Å². The van der Waals surface area contributed by atoms with E-state index in [1.807, 2.05) is 31.2 Å². The smallest absolute Gasteiger partial charge is 0.256 e. The van der Waals surface area contributed by atoms with E-state index in [4.69, 9.17) is 9.47 Å². The molecule has 0 unspecified atom stereocenters. The predicted octanol–water partition coefficient (Wildman–Crippen LogP) is 3.08. The van der Waals surface area contributed by atoms with Crippen molar-refractivity contribution in [2.75, 3.05) is 19.5 Å². The first-order chi connectivity index (χ1) is 8.91. The van der Waals surface area contributed by atoms with Crippen molar-refractivity contribution in [1.82, 2.24) is 0 Å². The number of amides is 1. The number of nitrogens with one attached hydrogen (secondary N) is 1. The third kappa shape index (κ3) is 4.24. The normalized spacial score (nSPS) is 14.0. The second-order valence-electron chi connectivity index (χ2n) is 5.22. The van der Waals surface area contributed by atoms with E-state index in [0.717, 1.165) is 11.4 Å². The average molecular weight is 265 g/mol. The number of hydrogen-bond acceptors (Lipinski definition) is 3. The van der Waals surface area contributed by atoms with Crippen LogP contribution >= 0.6 is 0 Å². The van der Waals surface area contributed by atoms with Crippen LogP contribution in [0, 0.1) is 5.92 Å². The molecule has 1 aromatic carbocycles. The molecule has 1 N–H and O–H groups in total. The molecule has 0 saturated carbocycles. The standard InChI is InChI=1S/C15H23NO3/c1-11(2)10-15(3,19-5)14(17)16-12-6-8-13(18-4)9-7-12/h6-9,11H,10H2,1-5H3,(H,16,17)/t15-/m0/s1. The number of carbonyl (C=O) groups excluding carboxylic acids is 1. The quantitative estimate of drug-likeness (QED) is 0.859. The fourth-order valence-electron chi connectivity index (χ4n) is 1.99. The van der Waals surface area contributed by atoms with Crippen LogP contribution in [0.15, 0.2) is 24.3 Å². The van der Waals surface area contributed by atoms with Crippen molar-refractivity contribution in [3.05, 3.63) is 24.3 Å². The van der Waals surface area contributed by atoms with Crippen LogP contribution in [-0.2, 0) is 9.53 Å². The Balaban J connectivity index is 2.75. The maximum absolute atomic E-state index is 12.3. The van der Waals surface area contributed by atoms with Crippen molar-refractivity contribution in [3.8, 4) is 5.75 Å². The summed E-state index contributed by atoms with van der Waals surface area (Å²) >= 11 is 0. The lowest BCUT2D eigenvalue weighted by Crippen LogP contribution is -2.43. The van der Waals surface area contributed by atoms with Crippen LogP contribution in [0.2, 0.25) is 0 Å². The van der Waals surface area contributed by atoms with Gasteiger partial charge < -0.3 is 14.8 Å². The number of rotatable bonds is 6. The van der Waals surface area contributed by atoms with Crippen LogP contribution in [0.5, 0.6) is 5.75 Å². The molecule has 0 spiro atoms. The second-order valence-corrected chi connectivity index (χ2v) is 5.22. The van der Waals surface area contributed by atoms with E-state index in [1.165, 1.54) is 0 Å². The first-order valence-corrected chi connectivity index (χ1v) is 6.42. The van der Waals surface area contributed by atoms with Crippen molar-refractivity contribution < 1.29 is 14.3 Å². The zero-order chi connectivity index (χ0) is 14.5. The first-order valence-electron chi connectivity index (χ1n) is 6.42. The minimum atomic E-state index is -0.811. The number of ether oxygens (including phenoxy) is 2. The summed E-state index contributed by atoms with van der Waals surface area (Å²) in [6, 6.07) is 7.23. The van der Waals surface area contributed by atoms with Crippen molar-refractivity contribution in [2.24, 2.45) is 5.92 Å². The molecule has 0 heterocycles. The van der Waals surface area contributed by atoms with Crippen LogP contribution in [0.25, 0.3) is 0 Å². The average Bonchev–Trinajstić information content (AvgIpc) is 2.38. The zero-order valence-electron chi connectivity index (χ0n) is 12.3. The van der Waals surface area contributed by atoms with E-state index in [2.05, 4.69) is 19.2 Å². The Bertz CT molecular complexity index is 414. The third-order valence-electron chi connectivity index (χ3n) is 3.08. The summed E-state index contributed by atoms with van der Waals surface area (Å²) in [5, 5.41) is 2.87. The molecule has 0 aromatic heterocycles. The van der Waals surface area contributed by atoms with Gasteiger partial charge in [-0.05, 0) is 43.5 Å². The summed E-state index contributed by atoms with van der Waals surface area (Å²) in [6.45, 7) is 5.95. The molecule has 1 rings (SSSR count). The van der Waals surface area contributed by atoms with E-state index in [0.29, 0.717) is 12.3 Å². The molecule has 4 nitrogen and oxygen atoms in total. The number of anilines is 1. The highest BCUT2D eigenvalue weighted by atomic mass is 16.5. The van der Waals surface area contributed by atoms with E-state index >= 15 is 0 Å². The minimum absolute atomic E-state index is 0.131. The lowest BCUT2D eigenvalue weighted by Gasteiger charge is -2.28. The summed E-state index contributed by atoms with van der Waals surface area (Å²) in [5.74, 6) is 1.01. The van der Waals surface area contributed by atoms with Gasteiger partial charge in [0.15, 0.2) is 0 Å². The number of hydrogen-bond donors (Lipinski definition) is 1. The minimum Gasteiger partial charge on any atom is -0.497 e. The van der Waals surface area contributed by atoms with E-state index in [-0.39, 0.29) is 5.91 Å². The Morgan fingerprint density at radius 2 is 1.84 bits per heavy atom. The molecule has 0 saturated heterocycles. The van der Waals surface area contributed by atoms with Gasteiger partial charge in [-0.1, -0.05) is 13.8 Å². The SMILES string of the molecule is COc1ccc(NC(=O)[C@](C)(CC(C)C)OC)cc1. The fourth-order valence-corrected chi connectivity index (χ4v) is 1.99. The molecule has 1 aromatic rings. The molecule has 0 radical (unpaired) electrons. The largest absolute Gasteiger partial charge is 0.497 e. The van der Waals surface area contributed by atoms with Gasteiger partial charge >= 0.3 is 0 Å². The van der Waals surface area contributed by atoms with Crippen molar-refractivity contribution >= 4 is 11.6 Å². The zero-order valence-corrected chi connectivity index (χ0v) is 12.3. The van der Waals surface area contributed by atoms with Gasteiger partial charge in [0.2, 0.25) is 0 Å². The highest BCUT2D eigenvalue weighted by Crippen LogP contribution is 2.23. The molecule has 0 fully saturated rings. The van der Waals surface area contributed by atoms with Gasteiger partial charge in [0.1, 0.15) is 11.4 Å². The topological polar surface area (TPSA) is 47.6 Å². The van der Waals surface area contributed by atoms with Gasteiger partial charge in [0, 0.05) is 12.8 Å². The monoisotopic (exact) mass is 265 g/mol. The summed E-state index contributed by atoms with van der Waals surface area (Å²) < 4.78 is 10.5. The predicted molar refractivity (Wildman–Crippen MR) is 76.5 cm³/mol. The molecule has 106 valence electrons. The van der Waals surface area contributed by atoms with Gasteiger partial charge in [0.25, 0.3) is 5.91 Å². The van der Waals surface area contributed by atoms with Crippen LogP contribution in [-0.4, -0.2) is 25.7 Å². The van der Waals surface area contributed by atoms with Gasteiger partial charge in [0.05, 0.1) is 7.11 Å². The summed E-state index contributed by atoms with van der Waals surface area (Å²) in [7, 11) is 3.17. The molecular weight excluding hydrogens is 242 g/mol. The van der Waals surface area contributed by atoms with Gasteiger partial charge in [-0.3, -0.25) is 4.79 Å². The Kier molecular flexibility index (Phi) is 5.36. The lowest BCUT2D eigenvalue weighted by atomic mass is 9.93. The van der Waals surface area contributed by atoms with Crippen molar-refractivity contribution in [2.45, 2.75) is 32.8 Å². The highest BCUT2D eigenvalue weighted by molar-refractivity contribution is 5.97. The molecule has 0 aliphatic rings. The van der Waals surface area contributed by atoms with Crippen LogP contribution < -0.4 is 10.1 Å². The van der Waals surface area contributed by atoms with E-state index < -0.39 is 5.60 Å². The molecular formula is C15H23NO3. The Morgan fingerprint density at radius 3 is 2.26 bits per heavy atom. The first kappa shape index (κ1) is 15.5. The molecule has 0 aliphatic heterocycles. The molecule has 1 amide bonds. The Morgan fingerprint density at radius 1 is 1.26 bits per heavy atom. The van der Waals surface area contributed by atoms with Crippen LogP contribution in [0.4, 0.5) is 5.69 Å². The molecule has 19 heavy (non-hydrogen) atoms. The Hall–Kier alpha value is -1.55. The summed E-state index contributed by atoms with van der Waals surface area (Å²) in [4.78, 5) is 12.3. The van der Waals surface area contributed by atoms with Crippen LogP contribution in [0.3, 0.4) is 0 Å². The molecule has 1 atom stereocenters. The maximum atomic E-state index is 12.3. The fraction of sp³-hybridized carbons (Fsp3) is 0.533. The van der Waals surface area contributed by atoms with E-state index in [9.17, 15) is 4.79 Å². The van der Waals surface area contributed by atoms with Gasteiger partial charge in [-0.2, -0.15) is 0 Å². The van der Waals surface area contributed by atoms with E-state index in [1.54, 1.807) is 14.2 Å². The molecule has 0 bridgehead atoms. The Labute approximate surface area is 115 Å².